The minimum absolute atomic E-state index is 0.320. The maximum absolute atomic E-state index is 15.0. The van der Waals surface area contributed by atoms with Gasteiger partial charge in [-0.15, -0.1) is 0 Å². The third-order valence-electron chi connectivity index (χ3n) is 6.27. The quantitative estimate of drug-likeness (QED) is 0.625. The number of amides is 1. The maximum Gasteiger partial charge on any atom is 0.414 e. The van der Waals surface area contributed by atoms with Crippen LogP contribution in [0.25, 0.3) is 0 Å². The Morgan fingerprint density at radius 1 is 1.28 bits per heavy atom. The molecule has 2 atom stereocenters. The Kier molecular flexibility index (Phi) is 7.42. The van der Waals surface area contributed by atoms with Crippen LogP contribution in [0.15, 0.2) is 18.2 Å². The van der Waals surface area contributed by atoms with E-state index in [9.17, 15) is 4.79 Å². The number of anilines is 2. The number of rotatable bonds is 5. The minimum Gasteiger partial charge on any atom is -0.442 e. The van der Waals surface area contributed by atoms with Gasteiger partial charge >= 0.3 is 6.09 Å². The second kappa shape index (κ2) is 10.3. The highest BCUT2D eigenvalue weighted by molar-refractivity contribution is 7.80. The number of piperazine rings is 1. The lowest BCUT2D eigenvalue weighted by atomic mass is 9.98. The number of hydrogen-bond donors (Lipinski definition) is 2. The number of hydrogen-bond acceptors (Lipinski definition) is 6. The normalized spacial score (nSPS) is 23.8. The summed E-state index contributed by atoms with van der Waals surface area (Å²) in [6, 6.07) is 4.95. The summed E-state index contributed by atoms with van der Waals surface area (Å²) < 4.78 is 20.4. The van der Waals surface area contributed by atoms with Gasteiger partial charge in [0.05, 0.1) is 34.4 Å². The zero-order valence-electron chi connectivity index (χ0n) is 18.3. The Labute approximate surface area is 199 Å². The molecule has 3 saturated heterocycles. The molecule has 32 heavy (non-hydrogen) atoms. The van der Waals surface area contributed by atoms with Crippen LogP contribution < -0.4 is 20.4 Å². The van der Waals surface area contributed by atoms with Crippen molar-refractivity contribution < 1.29 is 13.9 Å². The molecule has 4 rings (SSSR count). The van der Waals surface area contributed by atoms with Crippen molar-refractivity contribution >= 4 is 51.9 Å². The molecule has 10 heteroatoms. The summed E-state index contributed by atoms with van der Waals surface area (Å²) in [5.41, 5.74) is 1.06. The molecule has 0 aliphatic carbocycles. The number of halogens is 1. The fourth-order valence-electron chi connectivity index (χ4n) is 4.50. The van der Waals surface area contributed by atoms with Gasteiger partial charge in [-0.05, 0) is 44.5 Å². The molecule has 3 fully saturated rings. The van der Waals surface area contributed by atoms with Crippen molar-refractivity contribution in [2.75, 3.05) is 62.2 Å². The number of benzene rings is 1. The van der Waals surface area contributed by atoms with E-state index < -0.39 is 6.09 Å². The number of ether oxygens (including phenoxy) is 1. The number of carbonyl (C=O) groups excluding carboxylic acids is 1. The highest BCUT2D eigenvalue weighted by Crippen LogP contribution is 2.29. The van der Waals surface area contributed by atoms with Crippen molar-refractivity contribution in [1.29, 1.82) is 0 Å². The molecule has 1 aromatic carbocycles. The minimum atomic E-state index is -0.467. The summed E-state index contributed by atoms with van der Waals surface area (Å²) in [6.07, 6.45) is 1.52. The molecular formula is C22H30FN5O2S2. The van der Waals surface area contributed by atoms with Crippen LogP contribution in [0.2, 0.25) is 0 Å². The van der Waals surface area contributed by atoms with E-state index >= 15 is 4.39 Å². The number of nitrogens with zero attached hydrogens (tertiary/aromatic N) is 3. The van der Waals surface area contributed by atoms with E-state index in [-0.39, 0.29) is 11.9 Å². The molecule has 0 bridgehead atoms. The summed E-state index contributed by atoms with van der Waals surface area (Å²) in [7, 11) is 0. The van der Waals surface area contributed by atoms with E-state index in [1.165, 1.54) is 11.0 Å². The van der Waals surface area contributed by atoms with Gasteiger partial charge in [0.15, 0.2) is 0 Å². The fourth-order valence-corrected chi connectivity index (χ4v) is 4.97. The van der Waals surface area contributed by atoms with E-state index in [1.54, 1.807) is 19.1 Å². The highest BCUT2D eigenvalue weighted by Gasteiger charge is 2.33. The molecule has 3 aliphatic heterocycles. The van der Waals surface area contributed by atoms with Gasteiger partial charge < -0.3 is 25.2 Å². The molecule has 1 unspecified atom stereocenters. The Balaban J connectivity index is 1.34. The Bertz CT molecular complexity index is 872. The van der Waals surface area contributed by atoms with Gasteiger partial charge in [0, 0.05) is 38.6 Å². The van der Waals surface area contributed by atoms with Crippen LogP contribution in [-0.4, -0.2) is 79.4 Å². The average Bonchev–Trinajstić information content (AvgIpc) is 3.18. The van der Waals surface area contributed by atoms with Gasteiger partial charge in [0.1, 0.15) is 11.9 Å². The molecule has 3 aliphatic rings. The number of cyclic esters (lactones) is 1. The van der Waals surface area contributed by atoms with E-state index in [1.807, 2.05) is 0 Å². The molecule has 1 aromatic rings. The van der Waals surface area contributed by atoms with Crippen LogP contribution >= 0.6 is 24.4 Å². The monoisotopic (exact) mass is 479 g/mol. The number of piperidine rings is 1. The molecular weight excluding hydrogens is 449 g/mol. The van der Waals surface area contributed by atoms with E-state index in [0.29, 0.717) is 48.5 Å². The van der Waals surface area contributed by atoms with Gasteiger partial charge in [-0.25, -0.2) is 9.18 Å². The summed E-state index contributed by atoms with van der Waals surface area (Å²) >= 11 is 10.7. The third-order valence-corrected chi connectivity index (χ3v) is 7.01. The van der Waals surface area contributed by atoms with Crippen LogP contribution in [0.3, 0.4) is 0 Å². The van der Waals surface area contributed by atoms with Gasteiger partial charge in [0.2, 0.25) is 0 Å². The van der Waals surface area contributed by atoms with Gasteiger partial charge in [0.25, 0.3) is 0 Å². The largest absolute Gasteiger partial charge is 0.442 e. The SMILES string of the molecule is CC(=S)NC[C@H]1CN(c2ccc(N3CCN(C(=S)C4CCCNC4)CC3)c(F)c2)C(=O)O1. The first-order chi connectivity index (χ1) is 15.4. The Morgan fingerprint density at radius 2 is 2.06 bits per heavy atom. The van der Waals surface area contributed by atoms with E-state index in [4.69, 9.17) is 29.2 Å². The average molecular weight is 480 g/mol. The lowest BCUT2D eigenvalue weighted by Crippen LogP contribution is -2.51. The molecule has 1 amide bonds. The van der Waals surface area contributed by atoms with E-state index in [2.05, 4.69) is 20.4 Å². The third kappa shape index (κ3) is 5.29. The van der Waals surface area contributed by atoms with Crippen LogP contribution in [0.1, 0.15) is 19.8 Å². The first-order valence-corrected chi connectivity index (χ1v) is 12.0. The molecule has 0 spiro atoms. The smallest absolute Gasteiger partial charge is 0.414 e. The molecule has 0 radical (unpaired) electrons. The number of thiocarbonyl (C=S) groups is 2. The zero-order valence-corrected chi connectivity index (χ0v) is 19.9. The van der Waals surface area contributed by atoms with Gasteiger partial charge in [-0.2, -0.15) is 0 Å². The van der Waals surface area contributed by atoms with Crippen molar-refractivity contribution in [3.05, 3.63) is 24.0 Å². The lowest BCUT2D eigenvalue weighted by molar-refractivity contribution is 0.143. The van der Waals surface area contributed by atoms with Crippen molar-refractivity contribution in [1.82, 2.24) is 15.5 Å². The number of nitrogens with one attached hydrogen (secondary N) is 2. The summed E-state index contributed by atoms with van der Waals surface area (Å²) in [5.74, 6) is 0.0904. The highest BCUT2D eigenvalue weighted by atomic mass is 32.1. The van der Waals surface area contributed by atoms with Crippen LogP contribution in [0.5, 0.6) is 0 Å². The second-order valence-corrected chi connectivity index (χ2v) is 9.58. The van der Waals surface area contributed by atoms with Gasteiger partial charge in [-0.3, -0.25) is 4.90 Å². The van der Waals surface area contributed by atoms with Crippen LogP contribution in [-0.2, 0) is 4.74 Å². The summed E-state index contributed by atoms with van der Waals surface area (Å²) in [4.78, 5) is 19.7. The predicted molar refractivity (Wildman–Crippen MR) is 132 cm³/mol. The number of carbonyl (C=O) groups is 1. The molecule has 2 N–H and O–H groups in total. The predicted octanol–water partition coefficient (Wildman–Crippen LogP) is 2.54. The molecule has 0 saturated carbocycles. The second-order valence-electron chi connectivity index (χ2n) is 8.54. The van der Waals surface area contributed by atoms with Gasteiger partial charge in [-0.1, -0.05) is 24.4 Å². The van der Waals surface area contributed by atoms with Crippen molar-refractivity contribution in [2.24, 2.45) is 5.92 Å². The fraction of sp³-hybridized carbons (Fsp3) is 0.591. The van der Waals surface area contributed by atoms with Crippen LogP contribution in [0, 0.1) is 11.7 Å². The molecule has 0 aromatic heterocycles. The van der Waals surface area contributed by atoms with Crippen molar-refractivity contribution in [3.8, 4) is 0 Å². The standard InChI is InChI=1S/C22H30FN5O2S2/c1-15(31)25-13-18-14-28(22(29)30-18)17-4-5-20(19(23)11-17)26-7-9-27(10-8-26)21(32)16-3-2-6-24-12-16/h4-5,11,16,18,24H,2-3,6-10,12-14H2,1H3,(H,25,31)/t16?,18-/m0/s1. The Hall–Kier alpha value is -2.04. The molecule has 3 heterocycles. The Morgan fingerprint density at radius 3 is 2.72 bits per heavy atom. The molecule has 174 valence electrons. The summed E-state index contributed by atoms with van der Waals surface area (Å²) in [6.45, 7) is 7.63. The lowest BCUT2D eigenvalue weighted by Gasteiger charge is -2.40. The van der Waals surface area contributed by atoms with E-state index in [0.717, 1.165) is 44.0 Å². The zero-order chi connectivity index (χ0) is 22.7. The first-order valence-electron chi connectivity index (χ1n) is 11.2. The first kappa shape index (κ1) is 23.1. The van der Waals surface area contributed by atoms with Crippen molar-refractivity contribution in [3.63, 3.8) is 0 Å². The molecule has 7 nitrogen and oxygen atoms in total. The summed E-state index contributed by atoms with van der Waals surface area (Å²) in [5, 5.41) is 6.43. The van der Waals surface area contributed by atoms with Crippen LogP contribution in [0.4, 0.5) is 20.6 Å². The topological polar surface area (TPSA) is 60.1 Å². The van der Waals surface area contributed by atoms with Crippen molar-refractivity contribution in [2.45, 2.75) is 25.9 Å². The maximum atomic E-state index is 15.0.